The van der Waals surface area contributed by atoms with Gasteiger partial charge in [-0.25, -0.2) is 8.57 Å². The van der Waals surface area contributed by atoms with Gasteiger partial charge in [0.05, 0.1) is 0 Å². The zero-order valence-corrected chi connectivity index (χ0v) is 6.66. The van der Waals surface area contributed by atoms with Crippen LogP contribution in [0.5, 0.6) is 0 Å². The summed E-state index contributed by atoms with van der Waals surface area (Å²) < 4.78 is 14.8. The van der Waals surface area contributed by atoms with Gasteiger partial charge >= 0.3 is 0 Å². The Morgan fingerprint density at radius 3 is 1.88 bits per heavy atom. The molecule has 0 aromatic rings. The van der Waals surface area contributed by atoms with Gasteiger partial charge in [-0.3, -0.25) is 0 Å². The van der Waals surface area contributed by atoms with E-state index in [9.17, 15) is 4.21 Å². The van der Waals surface area contributed by atoms with Crippen molar-refractivity contribution in [1.29, 1.82) is 0 Å². The molecule has 0 amide bonds. The molecule has 0 aliphatic carbocycles. The Labute approximate surface area is 51.5 Å². The van der Waals surface area contributed by atoms with E-state index < -0.39 is 9.73 Å². The third-order valence-corrected chi connectivity index (χ3v) is 3.71. The van der Waals surface area contributed by atoms with E-state index in [0.717, 1.165) is 0 Å². The van der Waals surface area contributed by atoms with Crippen molar-refractivity contribution >= 4 is 9.73 Å². The van der Waals surface area contributed by atoms with Crippen molar-refractivity contribution in [2.75, 3.05) is 13.3 Å². The highest BCUT2D eigenvalue weighted by Gasteiger charge is 2.03. The molecule has 1 atom stereocenters. The molecule has 0 radical (unpaired) electrons. The van der Waals surface area contributed by atoms with E-state index in [-0.39, 0.29) is 5.25 Å². The van der Waals surface area contributed by atoms with Gasteiger partial charge in [-0.05, 0) is 0 Å². The summed E-state index contributed by atoms with van der Waals surface area (Å²) in [6, 6.07) is 0. The highest BCUT2D eigenvalue weighted by molar-refractivity contribution is 7.93. The molecule has 0 bridgehead atoms. The van der Waals surface area contributed by atoms with E-state index in [4.69, 9.17) is 0 Å². The van der Waals surface area contributed by atoms with Crippen LogP contribution in [0.4, 0.5) is 0 Å². The summed E-state index contributed by atoms with van der Waals surface area (Å²) in [5.41, 5.74) is 0. The van der Waals surface area contributed by atoms with E-state index >= 15 is 0 Å². The van der Waals surface area contributed by atoms with Crippen molar-refractivity contribution in [2.24, 2.45) is 4.36 Å². The minimum atomic E-state index is -1.86. The molecule has 3 heteroatoms. The van der Waals surface area contributed by atoms with Crippen LogP contribution in [0.1, 0.15) is 13.8 Å². The van der Waals surface area contributed by atoms with Gasteiger partial charge in [0.15, 0.2) is 0 Å². The van der Waals surface area contributed by atoms with Gasteiger partial charge in [-0.2, -0.15) is 0 Å². The largest absolute Gasteiger partial charge is 0.250 e. The second kappa shape index (κ2) is 2.49. The summed E-state index contributed by atoms with van der Waals surface area (Å²) in [5.74, 6) is 0. The van der Waals surface area contributed by atoms with Gasteiger partial charge in [-0.15, -0.1) is 0 Å². The quantitative estimate of drug-likeness (QED) is 0.530. The predicted octanol–water partition coefficient (Wildman–Crippen LogP) is 1.12. The Morgan fingerprint density at radius 1 is 1.50 bits per heavy atom. The SMILES string of the molecule is CN=[S@](C)(=O)C(C)C. The lowest BCUT2D eigenvalue weighted by atomic mass is 10.6. The maximum atomic E-state index is 11.1. The van der Waals surface area contributed by atoms with Gasteiger partial charge in [0, 0.05) is 28.3 Å². The first-order chi connectivity index (χ1) is 3.50. The fourth-order valence-corrected chi connectivity index (χ4v) is 0.632. The standard InChI is InChI=1S/C5H13NOS/c1-5(2)8(4,7)6-3/h5H,1-4H3/t8-/m1/s1. The van der Waals surface area contributed by atoms with E-state index in [1.807, 2.05) is 13.8 Å². The molecule has 0 aliphatic heterocycles. The fourth-order valence-electron chi connectivity index (χ4n) is 0.211. The molecule has 0 unspecified atom stereocenters. The third kappa shape index (κ3) is 1.82. The van der Waals surface area contributed by atoms with E-state index in [0.29, 0.717) is 0 Å². The molecule has 0 fully saturated rings. The van der Waals surface area contributed by atoms with Crippen molar-refractivity contribution in [3.05, 3.63) is 0 Å². The van der Waals surface area contributed by atoms with Crippen molar-refractivity contribution in [3.63, 3.8) is 0 Å². The molecule has 0 aromatic heterocycles. The number of hydrogen-bond acceptors (Lipinski definition) is 2. The van der Waals surface area contributed by atoms with Crippen LogP contribution in [-0.2, 0) is 9.73 Å². The van der Waals surface area contributed by atoms with Gasteiger partial charge < -0.3 is 0 Å². The lowest BCUT2D eigenvalue weighted by Gasteiger charge is -2.04. The topological polar surface area (TPSA) is 29.4 Å². The normalized spacial score (nSPS) is 18.1. The first kappa shape index (κ1) is 7.95. The van der Waals surface area contributed by atoms with Crippen molar-refractivity contribution in [1.82, 2.24) is 0 Å². The van der Waals surface area contributed by atoms with E-state index in [2.05, 4.69) is 4.36 Å². The van der Waals surface area contributed by atoms with Crippen LogP contribution in [0, 0.1) is 0 Å². The lowest BCUT2D eigenvalue weighted by Crippen LogP contribution is -2.10. The van der Waals surface area contributed by atoms with Crippen LogP contribution in [0.2, 0.25) is 0 Å². The summed E-state index contributed by atoms with van der Waals surface area (Å²) >= 11 is 0. The van der Waals surface area contributed by atoms with Crippen LogP contribution in [0.25, 0.3) is 0 Å². The summed E-state index contributed by atoms with van der Waals surface area (Å²) in [7, 11) is -0.262. The van der Waals surface area contributed by atoms with Crippen molar-refractivity contribution in [3.8, 4) is 0 Å². The Kier molecular flexibility index (Phi) is 2.47. The average molecular weight is 135 g/mol. The predicted molar refractivity (Wildman–Crippen MR) is 37.6 cm³/mol. The number of rotatable bonds is 1. The zero-order valence-electron chi connectivity index (χ0n) is 5.84. The van der Waals surface area contributed by atoms with E-state index in [1.165, 1.54) is 0 Å². The average Bonchev–Trinajstić information content (AvgIpc) is 1.67. The lowest BCUT2D eigenvalue weighted by molar-refractivity contribution is 0.673. The van der Waals surface area contributed by atoms with Crippen LogP contribution < -0.4 is 0 Å². The molecule has 0 saturated heterocycles. The number of hydrogen-bond donors (Lipinski definition) is 0. The summed E-state index contributed by atoms with van der Waals surface area (Å²) in [6.45, 7) is 3.82. The Hall–Kier alpha value is -0.0500. The minimum Gasteiger partial charge on any atom is -0.250 e. The smallest absolute Gasteiger partial charge is 0.0459 e. The first-order valence-corrected chi connectivity index (χ1v) is 4.58. The van der Waals surface area contributed by atoms with E-state index in [1.54, 1.807) is 13.3 Å². The summed E-state index contributed by atoms with van der Waals surface area (Å²) in [5, 5.41) is 0.174. The fraction of sp³-hybridized carbons (Fsp3) is 1.00. The van der Waals surface area contributed by atoms with Crippen LogP contribution in [0.3, 0.4) is 0 Å². The summed E-state index contributed by atoms with van der Waals surface area (Å²) in [6.07, 6.45) is 1.68. The molecule has 0 aliphatic rings. The Bertz CT molecular complexity index is 165. The van der Waals surface area contributed by atoms with Crippen LogP contribution in [-0.4, -0.2) is 22.8 Å². The summed E-state index contributed by atoms with van der Waals surface area (Å²) in [4.78, 5) is 0. The molecule has 2 nitrogen and oxygen atoms in total. The molecule has 0 heterocycles. The molecular formula is C5H13NOS. The van der Waals surface area contributed by atoms with Crippen molar-refractivity contribution in [2.45, 2.75) is 19.1 Å². The third-order valence-electron chi connectivity index (χ3n) is 1.24. The minimum absolute atomic E-state index is 0.174. The molecule has 50 valence electrons. The molecule has 0 saturated carbocycles. The van der Waals surface area contributed by atoms with Crippen LogP contribution in [0.15, 0.2) is 4.36 Å². The van der Waals surface area contributed by atoms with Crippen LogP contribution >= 0.6 is 0 Å². The van der Waals surface area contributed by atoms with Gasteiger partial charge in [0.25, 0.3) is 0 Å². The Morgan fingerprint density at radius 2 is 1.88 bits per heavy atom. The molecule has 0 aromatic carbocycles. The number of nitrogens with zero attached hydrogens (tertiary/aromatic N) is 1. The second-order valence-electron chi connectivity index (χ2n) is 2.09. The highest BCUT2D eigenvalue weighted by Crippen LogP contribution is 1.98. The zero-order chi connectivity index (χ0) is 6.78. The maximum Gasteiger partial charge on any atom is 0.0459 e. The molecule has 0 N–H and O–H groups in total. The molecule has 0 rings (SSSR count). The molecule has 0 spiro atoms. The maximum absolute atomic E-state index is 11.1. The monoisotopic (exact) mass is 135 g/mol. The van der Waals surface area contributed by atoms with Gasteiger partial charge in [0.1, 0.15) is 0 Å². The molecule has 8 heavy (non-hydrogen) atoms. The van der Waals surface area contributed by atoms with Crippen molar-refractivity contribution < 1.29 is 4.21 Å². The molecular weight excluding hydrogens is 122 g/mol. The Balaban J connectivity index is 4.42. The first-order valence-electron chi connectivity index (χ1n) is 2.60. The highest BCUT2D eigenvalue weighted by atomic mass is 32.2. The van der Waals surface area contributed by atoms with Gasteiger partial charge in [0.2, 0.25) is 0 Å². The second-order valence-corrected chi connectivity index (χ2v) is 5.12. The van der Waals surface area contributed by atoms with Gasteiger partial charge in [-0.1, -0.05) is 13.8 Å².